The summed E-state index contributed by atoms with van der Waals surface area (Å²) in [6, 6.07) is 7.73. The van der Waals surface area contributed by atoms with Crippen LogP contribution in [0.5, 0.6) is 5.75 Å². The lowest BCUT2D eigenvalue weighted by atomic mass is 9.81. The molecule has 1 heterocycles. The number of carbonyl (C=O) groups is 2. The number of imide groups is 1. The van der Waals surface area contributed by atoms with Gasteiger partial charge in [-0.15, -0.1) is 0 Å². The highest BCUT2D eigenvalue weighted by Gasteiger charge is 2.48. The summed E-state index contributed by atoms with van der Waals surface area (Å²) >= 11 is 0. The lowest BCUT2D eigenvalue weighted by Gasteiger charge is -2.23. The summed E-state index contributed by atoms with van der Waals surface area (Å²) in [5, 5.41) is 0. The highest BCUT2D eigenvalue weighted by Crippen LogP contribution is 2.38. The van der Waals surface area contributed by atoms with E-state index in [2.05, 4.69) is 0 Å². The minimum Gasteiger partial charge on any atom is -0.491 e. The van der Waals surface area contributed by atoms with Crippen LogP contribution >= 0.6 is 0 Å². The van der Waals surface area contributed by atoms with Gasteiger partial charge >= 0.3 is 0 Å². The summed E-state index contributed by atoms with van der Waals surface area (Å²) in [6.07, 6.45) is 1.76. The molecule has 1 aromatic carbocycles. The van der Waals surface area contributed by atoms with Gasteiger partial charge in [0.1, 0.15) is 12.4 Å². The maximum atomic E-state index is 12.5. The third-order valence-electron chi connectivity index (χ3n) is 4.51. The van der Waals surface area contributed by atoms with Gasteiger partial charge in [-0.05, 0) is 31.4 Å². The van der Waals surface area contributed by atoms with Crippen molar-refractivity contribution in [2.75, 3.05) is 13.2 Å². The normalized spacial score (nSPS) is 17.4. The van der Waals surface area contributed by atoms with Crippen molar-refractivity contribution in [1.29, 1.82) is 0 Å². The first-order valence-corrected chi connectivity index (χ1v) is 7.57. The average molecular weight is 289 g/mol. The Morgan fingerprint density at radius 1 is 1.19 bits per heavy atom. The molecule has 1 saturated heterocycles. The highest BCUT2D eigenvalue weighted by molar-refractivity contribution is 6.05. The van der Waals surface area contributed by atoms with Crippen molar-refractivity contribution in [3.05, 3.63) is 29.8 Å². The van der Waals surface area contributed by atoms with Crippen LogP contribution in [0.2, 0.25) is 0 Å². The van der Waals surface area contributed by atoms with Gasteiger partial charge in [-0.3, -0.25) is 14.5 Å². The standard InChI is InChI=1S/C17H23NO3/c1-4-17(5-2)12-15(19)18(16(17)20)10-11-21-14-9-7-6-8-13(14)3/h6-9H,4-5,10-12H2,1-3H3. The van der Waals surface area contributed by atoms with Crippen LogP contribution in [-0.4, -0.2) is 29.9 Å². The van der Waals surface area contributed by atoms with Crippen LogP contribution in [0.1, 0.15) is 38.7 Å². The van der Waals surface area contributed by atoms with E-state index in [0.29, 0.717) is 32.4 Å². The number of likely N-dealkylation sites (tertiary alicyclic amines) is 1. The number of para-hydroxylation sites is 1. The van der Waals surface area contributed by atoms with E-state index in [9.17, 15) is 9.59 Å². The van der Waals surface area contributed by atoms with E-state index < -0.39 is 5.41 Å². The van der Waals surface area contributed by atoms with Crippen molar-refractivity contribution in [3.63, 3.8) is 0 Å². The Labute approximate surface area is 126 Å². The van der Waals surface area contributed by atoms with Crippen molar-refractivity contribution in [2.45, 2.75) is 40.0 Å². The Morgan fingerprint density at radius 3 is 2.43 bits per heavy atom. The van der Waals surface area contributed by atoms with Crippen molar-refractivity contribution in [2.24, 2.45) is 5.41 Å². The van der Waals surface area contributed by atoms with E-state index in [0.717, 1.165) is 11.3 Å². The third kappa shape index (κ3) is 2.94. The molecular weight excluding hydrogens is 266 g/mol. The second-order valence-corrected chi connectivity index (χ2v) is 5.63. The van der Waals surface area contributed by atoms with E-state index in [-0.39, 0.29) is 11.8 Å². The number of rotatable bonds is 6. The summed E-state index contributed by atoms with van der Waals surface area (Å²) in [4.78, 5) is 25.9. The monoisotopic (exact) mass is 289 g/mol. The summed E-state index contributed by atoms with van der Waals surface area (Å²) in [7, 11) is 0. The number of ether oxygens (including phenoxy) is 1. The quantitative estimate of drug-likeness (QED) is 0.756. The maximum Gasteiger partial charge on any atom is 0.236 e. The molecule has 0 spiro atoms. The van der Waals surface area contributed by atoms with Gasteiger partial charge < -0.3 is 4.74 Å². The van der Waals surface area contributed by atoms with Crippen molar-refractivity contribution >= 4 is 11.8 Å². The van der Waals surface area contributed by atoms with E-state index >= 15 is 0 Å². The molecule has 0 radical (unpaired) electrons. The molecule has 1 fully saturated rings. The van der Waals surface area contributed by atoms with Gasteiger partial charge in [0.2, 0.25) is 11.8 Å². The Bertz CT molecular complexity index is 535. The van der Waals surface area contributed by atoms with Gasteiger partial charge in [0, 0.05) is 6.42 Å². The number of nitrogens with zero attached hydrogens (tertiary/aromatic N) is 1. The Balaban J connectivity index is 1.96. The number of carbonyl (C=O) groups excluding carboxylic acids is 2. The summed E-state index contributed by atoms with van der Waals surface area (Å²) in [6.45, 7) is 6.59. The van der Waals surface area contributed by atoms with Crippen LogP contribution in [0.15, 0.2) is 24.3 Å². The fourth-order valence-corrected chi connectivity index (χ4v) is 2.85. The maximum absolute atomic E-state index is 12.5. The molecule has 2 rings (SSSR count). The molecular formula is C17H23NO3. The Kier molecular flexibility index (Phi) is 4.66. The zero-order valence-electron chi connectivity index (χ0n) is 13.0. The van der Waals surface area contributed by atoms with Crippen LogP contribution in [0.4, 0.5) is 0 Å². The first-order valence-electron chi connectivity index (χ1n) is 7.57. The van der Waals surface area contributed by atoms with E-state index in [1.807, 2.05) is 45.0 Å². The molecule has 0 unspecified atom stereocenters. The van der Waals surface area contributed by atoms with Crippen LogP contribution in [0, 0.1) is 12.3 Å². The van der Waals surface area contributed by atoms with Gasteiger partial charge in [0.15, 0.2) is 0 Å². The number of amides is 2. The van der Waals surface area contributed by atoms with Gasteiger partial charge in [0.05, 0.1) is 12.0 Å². The molecule has 4 nitrogen and oxygen atoms in total. The molecule has 114 valence electrons. The van der Waals surface area contributed by atoms with E-state index in [1.54, 1.807) is 0 Å². The van der Waals surface area contributed by atoms with Crippen LogP contribution < -0.4 is 4.74 Å². The predicted molar refractivity (Wildman–Crippen MR) is 81.0 cm³/mol. The zero-order valence-corrected chi connectivity index (χ0v) is 13.0. The zero-order chi connectivity index (χ0) is 15.5. The molecule has 0 bridgehead atoms. The number of hydrogen-bond donors (Lipinski definition) is 0. The fourth-order valence-electron chi connectivity index (χ4n) is 2.85. The van der Waals surface area contributed by atoms with Gasteiger partial charge in [0.25, 0.3) is 0 Å². The van der Waals surface area contributed by atoms with E-state index in [1.165, 1.54) is 4.90 Å². The first-order chi connectivity index (χ1) is 10.0. The van der Waals surface area contributed by atoms with Gasteiger partial charge in [-0.25, -0.2) is 0 Å². The SMILES string of the molecule is CCC1(CC)CC(=O)N(CCOc2ccccc2C)C1=O. The van der Waals surface area contributed by atoms with Crippen molar-refractivity contribution in [1.82, 2.24) is 4.90 Å². The molecule has 0 aromatic heterocycles. The van der Waals surface area contributed by atoms with Crippen LogP contribution in [-0.2, 0) is 9.59 Å². The second kappa shape index (κ2) is 6.29. The highest BCUT2D eigenvalue weighted by atomic mass is 16.5. The first kappa shape index (κ1) is 15.5. The largest absolute Gasteiger partial charge is 0.491 e. The lowest BCUT2D eigenvalue weighted by Crippen LogP contribution is -2.37. The molecule has 0 aliphatic carbocycles. The van der Waals surface area contributed by atoms with Crippen LogP contribution in [0.3, 0.4) is 0 Å². The predicted octanol–water partition coefficient (Wildman–Crippen LogP) is 2.94. The molecule has 1 aromatic rings. The summed E-state index contributed by atoms with van der Waals surface area (Å²) < 4.78 is 5.68. The minimum atomic E-state index is -0.486. The molecule has 4 heteroatoms. The molecule has 0 N–H and O–H groups in total. The fraction of sp³-hybridized carbons (Fsp3) is 0.529. The number of aryl methyl sites for hydroxylation is 1. The van der Waals surface area contributed by atoms with Gasteiger partial charge in [-0.1, -0.05) is 32.0 Å². The molecule has 0 saturated carbocycles. The van der Waals surface area contributed by atoms with Crippen LogP contribution in [0.25, 0.3) is 0 Å². The second-order valence-electron chi connectivity index (χ2n) is 5.63. The summed E-state index contributed by atoms with van der Waals surface area (Å²) in [5.74, 6) is 0.691. The van der Waals surface area contributed by atoms with Crippen molar-refractivity contribution in [3.8, 4) is 5.75 Å². The topological polar surface area (TPSA) is 46.6 Å². The summed E-state index contributed by atoms with van der Waals surface area (Å²) in [5.41, 5.74) is 0.563. The lowest BCUT2D eigenvalue weighted by molar-refractivity contribution is -0.142. The third-order valence-corrected chi connectivity index (χ3v) is 4.51. The molecule has 21 heavy (non-hydrogen) atoms. The Morgan fingerprint density at radius 2 is 1.86 bits per heavy atom. The average Bonchev–Trinajstić information content (AvgIpc) is 2.73. The molecule has 1 aliphatic heterocycles. The number of hydrogen-bond acceptors (Lipinski definition) is 3. The van der Waals surface area contributed by atoms with E-state index in [4.69, 9.17) is 4.74 Å². The Hall–Kier alpha value is -1.84. The van der Waals surface area contributed by atoms with Crippen molar-refractivity contribution < 1.29 is 14.3 Å². The molecule has 2 amide bonds. The number of benzene rings is 1. The van der Waals surface area contributed by atoms with Gasteiger partial charge in [-0.2, -0.15) is 0 Å². The smallest absolute Gasteiger partial charge is 0.236 e. The minimum absolute atomic E-state index is 0.0362. The molecule has 0 atom stereocenters. The molecule has 1 aliphatic rings.